The van der Waals surface area contributed by atoms with Crippen LogP contribution in [0.25, 0.3) is 10.9 Å². The van der Waals surface area contributed by atoms with Crippen molar-refractivity contribution in [1.82, 2.24) is 10.3 Å². The van der Waals surface area contributed by atoms with Crippen LogP contribution in [0.2, 0.25) is 0 Å². The molecule has 0 fully saturated rings. The normalized spacial score (nSPS) is 22.1. The van der Waals surface area contributed by atoms with Crippen LogP contribution in [0.1, 0.15) is 11.3 Å². The van der Waals surface area contributed by atoms with Crippen LogP contribution in [-0.4, -0.2) is 30.8 Å². The van der Waals surface area contributed by atoms with Crippen LogP contribution in [0.5, 0.6) is 0 Å². The summed E-state index contributed by atoms with van der Waals surface area (Å²) in [5.41, 5.74) is -1.93. The van der Waals surface area contributed by atoms with Crippen molar-refractivity contribution in [2.75, 3.05) is 13.7 Å². The predicted molar refractivity (Wildman–Crippen MR) is 69.8 cm³/mol. The summed E-state index contributed by atoms with van der Waals surface area (Å²) in [5, 5.41) is 3.01. The Morgan fingerprint density at radius 1 is 1.33 bits per heavy atom. The van der Waals surface area contributed by atoms with Gasteiger partial charge in [-0.15, -0.1) is 0 Å². The Bertz CT molecular complexity index is 708. The van der Waals surface area contributed by atoms with Crippen molar-refractivity contribution in [3.8, 4) is 0 Å². The molecule has 0 radical (unpaired) electrons. The van der Waals surface area contributed by atoms with Gasteiger partial charge in [0.05, 0.1) is 12.8 Å². The molecule has 1 aromatic heterocycles. The fourth-order valence-electron chi connectivity index (χ4n) is 2.93. The number of methoxy groups -OCH3 is 1. The topological polar surface area (TPSA) is 54.1 Å². The summed E-state index contributed by atoms with van der Waals surface area (Å²) < 4.78 is 45.4. The fourth-order valence-corrected chi connectivity index (χ4v) is 2.93. The van der Waals surface area contributed by atoms with E-state index < -0.39 is 17.7 Å². The van der Waals surface area contributed by atoms with Crippen LogP contribution in [-0.2, 0) is 21.5 Å². The maximum atomic E-state index is 13.7. The molecule has 1 aliphatic heterocycles. The van der Waals surface area contributed by atoms with E-state index in [0.717, 1.165) is 7.11 Å². The highest BCUT2D eigenvalue weighted by Crippen LogP contribution is 2.44. The first-order chi connectivity index (χ1) is 9.91. The molecular formula is C14H13F3N2O2. The molecule has 4 nitrogen and oxygen atoms in total. The average molecular weight is 298 g/mol. The van der Waals surface area contributed by atoms with E-state index in [1.165, 1.54) is 0 Å². The maximum Gasteiger partial charge on any atom is 0.423 e. The molecule has 1 atom stereocenters. The summed E-state index contributed by atoms with van der Waals surface area (Å²) in [5.74, 6) is -1.36. The van der Waals surface area contributed by atoms with Crippen LogP contribution in [0.4, 0.5) is 13.2 Å². The number of benzene rings is 1. The van der Waals surface area contributed by atoms with Crippen LogP contribution in [0, 0.1) is 0 Å². The van der Waals surface area contributed by atoms with Gasteiger partial charge in [-0.25, -0.2) is 4.79 Å². The SMILES string of the molecule is COC(=O)C1(C(F)(F)F)NCCc2c1[nH]c1ccccc21. The molecule has 0 spiro atoms. The zero-order valence-corrected chi connectivity index (χ0v) is 11.2. The number of carbonyl (C=O) groups is 1. The molecule has 2 aromatic rings. The number of H-pyrrole nitrogens is 1. The first-order valence-corrected chi connectivity index (χ1v) is 6.42. The Labute approximate surface area is 118 Å². The van der Waals surface area contributed by atoms with E-state index in [1.807, 2.05) is 0 Å². The van der Waals surface area contributed by atoms with Crippen molar-refractivity contribution in [2.45, 2.75) is 18.1 Å². The molecule has 3 rings (SSSR count). The van der Waals surface area contributed by atoms with Gasteiger partial charge in [0, 0.05) is 17.4 Å². The number of hydrogen-bond donors (Lipinski definition) is 2. The van der Waals surface area contributed by atoms with Crippen LogP contribution < -0.4 is 5.32 Å². The molecule has 0 bridgehead atoms. The number of halogens is 3. The van der Waals surface area contributed by atoms with Gasteiger partial charge in [-0.1, -0.05) is 18.2 Å². The highest BCUT2D eigenvalue weighted by Gasteiger charge is 2.65. The Kier molecular flexibility index (Phi) is 2.98. The largest absolute Gasteiger partial charge is 0.467 e. The molecule has 0 saturated carbocycles. The third kappa shape index (κ3) is 1.77. The molecule has 0 saturated heterocycles. The molecule has 0 amide bonds. The number of para-hydroxylation sites is 1. The lowest BCUT2D eigenvalue weighted by molar-refractivity contribution is -0.217. The quantitative estimate of drug-likeness (QED) is 0.794. The monoisotopic (exact) mass is 298 g/mol. The lowest BCUT2D eigenvalue weighted by Gasteiger charge is -2.36. The van der Waals surface area contributed by atoms with E-state index >= 15 is 0 Å². The number of carbonyl (C=O) groups excluding carboxylic acids is 1. The molecular weight excluding hydrogens is 285 g/mol. The van der Waals surface area contributed by atoms with Gasteiger partial charge in [0.1, 0.15) is 0 Å². The number of ether oxygens (including phenoxy) is 1. The van der Waals surface area contributed by atoms with E-state index in [1.54, 1.807) is 24.3 Å². The third-order valence-corrected chi connectivity index (χ3v) is 3.87. The molecule has 7 heteroatoms. The number of aromatic nitrogens is 1. The zero-order chi connectivity index (χ0) is 15.3. The summed E-state index contributed by atoms with van der Waals surface area (Å²) in [7, 11) is 0.953. The Balaban J connectivity index is 2.34. The number of esters is 1. The van der Waals surface area contributed by atoms with E-state index in [-0.39, 0.29) is 12.2 Å². The summed E-state index contributed by atoms with van der Waals surface area (Å²) in [6.07, 6.45) is -4.40. The second-order valence-electron chi connectivity index (χ2n) is 4.94. The average Bonchev–Trinajstić information content (AvgIpc) is 2.83. The van der Waals surface area contributed by atoms with E-state index in [4.69, 9.17) is 0 Å². The van der Waals surface area contributed by atoms with Gasteiger partial charge in [0.2, 0.25) is 0 Å². The Hall–Kier alpha value is -2.02. The standard InChI is InChI=1S/C14H13F3N2O2/c1-21-12(20)13(14(15,16)17)11-9(6-7-18-13)8-4-2-3-5-10(8)19-11/h2-5,18-19H,6-7H2,1H3. The van der Waals surface area contributed by atoms with E-state index in [2.05, 4.69) is 15.0 Å². The molecule has 1 unspecified atom stereocenters. The van der Waals surface area contributed by atoms with Crippen LogP contribution in [0.15, 0.2) is 24.3 Å². The molecule has 1 aromatic carbocycles. The number of hydrogen-bond acceptors (Lipinski definition) is 3. The third-order valence-electron chi connectivity index (χ3n) is 3.87. The molecule has 2 heterocycles. The van der Waals surface area contributed by atoms with Crippen molar-refractivity contribution in [2.24, 2.45) is 0 Å². The number of alkyl halides is 3. The minimum Gasteiger partial charge on any atom is -0.467 e. The van der Waals surface area contributed by atoms with Crippen LogP contribution >= 0.6 is 0 Å². The number of rotatable bonds is 1. The molecule has 1 aliphatic rings. The number of nitrogens with one attached hydrogen (secondary N) is 2. The Morgan fingerprint density at radius 3 is 2.71 bits per heavy atom. The smallest absolute Gasteiger partial charge is 0.423 e. The Morgan fingerprint density at radius 2 is 2.05 bits per heavy atom. The van der Waals surface area contributed by atoms with E-state index in [9.17, 15) is 18.0 Å². The van der Waals surface area contributed by atoms with Gasteiger partial charge in [-0.2, -0.15) is 13.2 Å². The molecule has 0 aliphatic carbocycles. The number of aromatic amines is 1. The summed E-state index contributed by atoms with van der Waals surface area (Å²) in [6.45, 7) is 0.0451. The first-order valence-electron chi connectivity index (χ1n) is 6.42. The molecule has 112 valence electrons. The maximum absolute atomic E-state index is 13.7. The molecule has 21 heavy (non-hydrogen) atoms. The molecule has 2 N–H and O–H groups in total. The summed E-state index contributed by atoms with van der Waals surface area (Å²) in [4.78, 5) is 14.7. The van der Waals surface area contributed by atoms with Gasteiger partial charge in [0.25, 0.3) is 5.54 Å². The highest BCUT2D eigenvalue weighted by atomic mass is 19.4. The summed E-state index contributed by atoms with van der Waals surface area (Å²) in [6, 6.07) is 6.91. The van der Waals surface area contributed by atoms with Gasteiger partial charge < -0.3 is 9.72 Å². The second-order valence-corrected chi connectivity index (χ2v) is 4.94. The summed E-state index contributed by atoms with van der Waals surface area (Å²) >= 11 is 0. The van der Waals surface area contributed by atoms with Gasteiger partial charge in [-0.05, 0) is 18.1 Å². The highest BCUT2D eigenvalue weighted by molar-refractivity contribution is 5.91. The van der Waals surface area contributed by atoms with Crippen molar-refractivity contribution >= 4 is 16.9 Å². The zero-order valence-electron chi connectivity index (χ0n) is 11.2. The van der Waals surface area contributed by atoms with Gasteiger partial charge in [0.15, 0.2) is 0 Å². The minimum absolute atomic E-state index is 0.0451. The lowest BCUT2D eigenvalue weighted by atomic mass is 9.86. The van der Waals surface area contributed by atoms with Gasteiger partial charge in [-0.3, -0.25) is 5.32 Å². The second kappa shape index (κ2) is 4.49. The minimum atomic E-state index is -4.81. The van der Waals surface area contributed by atoms with E-state index in [0.29, 0.717) is 22.9 Å². The van der Waals surface area contributed by atoms with Crippen molar-refractivity contribution in [3.63, 3.8) is 0 Å². The predicted octanol–water partition coefficient (Wildman–Crippen LogP) is 2.24. The number of fused-ring (bicyclic) bond motifs is 3. The van der Waals surface area contributed by atoms with Crippen molar-refractivity contribution in [3.05, 3.63) is 35.5 Å². The lowest BCUT2D eigenvalue weighted by Crippen LogP contribution is -2.62. The first kappa shape index (κ1) is 13.9. The van der Waals surface area contributed by atoms with Crippen LogP contribution in [0.3, 0.4) is 0 Å². The van der Waals surface area contributed by atoms with Crippen molar-refractivity contribution in [1.29, 1.82) is 0 Å². The van der Waals surface area contributed by atoms with Gasteiger partial charge >= 0.3 is 12.1 Å². The fraction of sp³-hybridized carbons (Fsp3) is 0.357. The van der Waals surface area contributed by atoms with Crippen molar-refractivity contribution < 1.29 is 22.7 Å².